The van der Waals surface area contributed by atoms with Crippen LogP contribution in [0.2, 0.25) is 0 Å². The maximum Gasteiger partial charge on any atom is 0.225 e. The van der Waals surface area contributed by atoms with E-state index in [1.54, 1.807) is 6.33 Å². The number of nitrogens with one attached hydrogen (secondary N) is 3. The molecule has 4 aromatic rings. The van der Waals surface area contributed by atoms with Crippen molar-refractivity contribution in [3.05, 3.63) is 49.1 Å². The summed E-state index contributed by atoms with van der Waals surface area (Å²) in [6.07, 6.45) is 7.85. The van der Waals surface area contributed by atoms with Crippen LogP contribution in [0.15, 0.2) is 49.1 Å². The Kier molecular flexibility index (Phi) is 5.40. The molecule has 0 amide bonds. The van der Waals surface area contributed by atoms with Gasteiger partial charge in [0.25, 0.3) is 0 Å². The zero-order valence-corrected chi connectivity index (χ0v) is 20.0. The van der Waals surface area contributed by atoms with E-state index < -0.39 is 0 Å². The van der Waals surface area contributed by atoms with Crippen molar-refractivity contribution in [3.8, 4) is 11.3 Å². The zero-order valence-electron chi connectivity index (χ0n) is 20.0. The highest BCUT2D eigenvalue weighted by Gasteiger charge is 2.33. The first kappa shape index (κ1) is 21.5. The largest absolute Gasteiger partial charge is 0.378 e. The third kappa shape index (κ3) is 4.12. The Morgan fingerprint density at radius 3 is 2.36 bits per heavy atom. The van der Waals surface area contributed by atoms with E-state index in [2.05, 4.69) is 75.7 Å². The minimum Gasteiger partial charge on any atom is -0.378 e. The van der Waals surface area contributed by atoms with E-state index in [0.29, 0.717) is 12.1 Å². The smallest absolute Gasteiger partial charge is 0.225 e. The maximum atomic E-state index is 5.49. The van der Waals surface area contributed by atoms with Gasteiger partial charge in [0, 0.05) is 49.6 Å². The fraction of sp³-hybridized carbons (Fsp3) is 0.385. The van der Waals surface area contributed by atoms with Crippen molar-refractivity contribution in [1.82, 2.24) is 30.2 Å². The SMILES string of the molecule is c1nc(N2CCOCC2)c2cc(-c3ccc(Nc4cnc(N5CC6CCC(C5)N6)nc4)cc3)[nH]c2n1. The molecule has 0 aliphatic carbocycles. The molecule has 2 atom stereocenters. The summed E-state index contributed by atoms with van der Waals surface area (Å²) in [6, 6.07) is 11.6. The van der Waals surface area contributed by atoms with Crippen LogP contribution < -0.4 is 20.4 Å². The lowest BCUT2D eigenvalue weighted by atomic mass is 10.1. The molecule has 3 N–H and O–H groups in total. The first-order valence-corrected chi connectivity index (χ1v) is 12.7. The Bertz CT molecular complexity index is 1340. The Morgan fingerprint density at radius 2 is 1.61 bits per heavy atom. The number of rotatable bonds is 5. The van der Waals surface area contributed by atoms with Gasteiger partial charge in [-0.15, -0.1) is 0 Å². The Balaban J connectivity index is 1.05. The molecule has 36 heavy (non-hydrogen) atoms. The number of fused-ring (bicyclic) bond motifs is 3. The standard InChI is InChI=1S/C26H29N9O/c1-3-18(31-21-12-27-26(28-13-21)35-14-19-5-6-20(15-35)32-19)4-2-17(1)23-11-22-24(33-23)29-16-30-25(22)34-7-9-36-10-8-34/h1-4,11-13,16,19-20,31-32H,5-10,14-15H2,(H,29,30,33). The van der Waals surface area contributed by atoms with E-state index in [1.165, 1.54) is 12.8 Å². The number of H-pyrrole nitrogens is 1. The summed E-state index contributed by atoms with van der Waals surface area (Å²) in [5.74, 6) is 1.77. The summed E-state index contributed by atoms with van der Waals surface area (Å²) in [7, 11) is 0. The second-order valence-corrected chi connectivity index (χ2v) is 9.76. The Morgan fingerprint density at radius 1 is 0.861 bits per heavy atom. The number of hydrogen-bond donors (Lipinski definition) is 3. The van der Waals surface area contributed by atoms with E-state index in [-0.39, 0.29) is 0 Å². The van der Waals surface area contributed by atoms with Crippen molar-refractivity contribution in [2.45, 2.75) is 24.9 Å². The van der Waals surface area contributed by atoms with Crippen LogP contribution in [0, 0.1) is 0 Å². The molecule has 10 nitrogen and oxygen atoms in total. The van der Waals surface area contributed by atoms with Gasteiger partial charge in [-0.2, -0.15) is 0 Å². The molecular weight excluding hydrogens is 454 g/mol. The van der Waals surface area contributed by atoms with Gasteiger partial charge in [0.2, 0.25) is 5.95 Å². The molecule has 0 radical (unpaired) electrons. The fourth-order valence-corrected chi connectivity index (χ4v) is 5.52. The van der Waals surface area contributed by atoms with Crippen molar-refractivity contribution in [3.63, 3.8) is 0 Å². The second kappa shape index (κ2) is 9.03. The van der Waals surface area contributed by atoms with Crippen LogP contribution in [-0.4, -0.2) is 76.4 Å². The molecule has 1 aromatic carbocycles. The number of aromatic amines is 1. The average molecular weight is 484 g/mol. The van der Waals surface area contributed by atoms with Crippen molar-refractivity contribution in [2.24, 2.45) is 0 Å². The summed E-state index contributed by atoms with van der Waals surface area (Å²) >= 11 is 0. The topological polar surface area (TPSA) is 107 Å². The molecule has 3 aromatic heterocycles. The summed E-state index contributed by atoms with van der Waals surface area (Å²) in [5.41, 5.74) is 4.81. The summed E-state index contributed by atoms with van der Waals surface area (Å²) in [5, 5.41) is 8.10. The molecule has 0 spiro atoms. The van der Waals surface area contributed by atoms with Gasteiger partial charge in [0.1, 0.15) is 17.8 Å². The number of morpholine rings is 1. The van der Waals surface area contributed by atoms with Crippen LogP contribution in [0.4, 0.5) is 23.1 Å². The van der Waals surface area contributed by atoms with Crippen molar-refractivity contribution >= 4 is 34.2 Å². The van der Waals surface area contributed by atoms with E-state index in [1.807, 2.05) is 12.4 Å². The molecule has 7 rings (SSSR count). The van der Waals surface area contributed by atoms with Crippen molar-refractivity contribution in [2.75, 3.05) is 54.5 Å². The van der Waals surface area contributed by atoms with Crippen LogP contribution in [0.25, 0.3) is 22.3 Å². The van der Waals surface area contributed by atoms with Gasteiger partial charge < -0.3 is 30.2 Å². The van der Waals surface area contributed by atoms with Gasteiger partial charge in [0.05, 0.1) is 36.7 Å². The third-order valence-electron chi connectivity index (χ3n) is 7.34. The van der Waals surface area contributed by atoms with Crippen LogP contribution in [0.1, 0.15) is 12.8 Å². The quantitative estimate of drug-likeness (QED) is 0.395. The van der Waals surface area contributed by atoms with Crippen LogP contribution >= 0.6 is 0 Å². The number of benzene rings is 1. The van der Waals surface area contributed by atoms with Gasteiger partial charge >= 0.3 is 0 Å². The number of anilines is 4. The lowest BCUT2D eigenvalue weighted by Gasteiger charge is -2.32. The highest BCUT2D eigenvalue weighted by atomic mass is 16.5. The zero-order chi connectivity index (χ0) is 23.9. The number of ether oxygens (including phenoxy) is 1. The highest BCUT2D eigenvalue weighted by molar-refractivity contribution is 5.92. The Labute approximate surface area is 209 Å². The van der Waals surface area contributed by atoms with Gasteiger partial charge in [-0.3, -0.25) is 0 Å². The summed E-state index contributed by atoms with van der Waals surface area (Å²) < 4.78 is 5.49. The number of nitrogens with zero attached hydrogens (tertiary/aromatic N) is 6. The first-order valence-electron chi connectivity index (χ1n) is 12.7. The maximum absolute atomic E-state index is 5.49. The van der Waals surface area contributed by atoms with E-state index in [4.69, 9.17) is 4.74 Å². The molecule has 0 saturated carbocycles. The van der Waals surface area contributed by atoms with Gasteiger partial charge in [-0.1, -0.05) is 12.1 Å². The molecule has 3 saturated heterocycles. The minimum atomic E-state index is 0.568. The molecular formula is C26H29N9O. The average Bonchev–Trinajstić information content (AvgIpc) is 3.52. The molecule has 3 aliphatic rings. The van der Waals surface area contributed by atoms with Gasteiger partial charge in [0.15, 0.2) is 0 Å². The first-order chi connectivity index (χ1) is 17.8. The molecule has 184 valence electrons. The molecule has 2 unspecified atom stereocenters. The van der Waals surface area contributed by atoms with Crippen LogP contribution in [0.5, 0.6) is 0 Å². The normalized spacial score (nSPS) is 21.8. The minimum absolute atomic E-state index is 0.568. The monoisotopic (exact) mass is 483 g/mol. The predicted molar refractivity (Wildman–Crippen MR) is 140 cm³/mol. The number of hydrogen-bond acceptors (Lipinski definition) is 9. The van der Waals surface area contributed by atoms with E-state index >= 15 is 0 Å². The fourth-order valence-electron chi connectivity index (χ4n) is 5.52. The molecule has 3 aliphatic heterocycles. The second-order valence-electron chi connectivity index (χ2n) is 9.76. The number of piperazine rings is 1. The lowest BCUT2D eigenvalue weighted by molar-refractivity contribution is 0.122. The van der Waals surface area contributed by atoms with E-state index in [0.717, 1.165) is 84.8 Å². The van der Waals surface area contributed by atoms with Gasteiger partial charge in [-0.05, 0) is 36.6 Å². The molecule has 3 fully saturated rings. The van der Waals surface area contributed by atoms with Crippen LogP contribution in [0.3, 0.4) is 0 Å². The predicted octanol–water partition coefficient (Wildman–Crippen LogP) is 2.94. The Hall–Kier alpha value is -3.76. The third-order valence-corrected chi connectivity index (χ3v) is 7.34. The molecule has 6 heterocycles. The molecule has 2 bridgehead atoms. The lowest BCUT2D eigenvalue weighted by Crippen LogP contribution is -2.51. The van der Waals surface area contributed by atoms with Gasteiger partial charge in [-0.25, -0.2) is 19.9 Å². The van der Waals surface area contributed by atoms with E-state index in [9.17, 15) is 0 Å². The highest BCUT2D eigenvalue weighted by Crippen LogP contribution is 2.30. The van der Waals surface area contributed by atoms with Crippen molar-refractivity contribution < 1.29 is 4.74 Å². The molecule has 10 heteroatoms. The summed E-state index contributed by atoms with van der Waals surface area (Å²) in [4.78, 5) is 26.3. The summed E-state index contributed by atoms with van der Waals surface area (Å²) in [6.45, 7) is 5.10. The van der Waals surface area contributed by atoms with Crippen LogP contribution in [-0.2, 0) is 4.74 Å². The number of aromatic nitrogens is 5. The van der Waals surface area contributed by atoms with Crippen molar-refractivity contribution in [1.29, 1.82) is 0 Å².